The highest BCUT2D eigenvalue weighted by atomic mass is 32.1. The molecule has 1 fully saturated rings. The van der Waals surface area contributed by atoms with E-state index in [1.165, 1.54) is 0 Å². The molecule has 4 rings (SSSR count). The van der Waals surface area contributed by atoms with E-state index < -0.39 is 5.92 Å². The standard InChI is InChI=1S/C19H15N4OS.C4H9NO/c1-12-16(18(24)23-14-5-3-2-4-6-14)17(13-7-9-21-10-8-13)15(11-20)19(25)22-12;1-3-6-4-2-5-1/h2-10,17H,1H3,(H,22,25)(H,23,24);5H,1-4H2/q-1;/p+1. The lowest BCUT2D eigenvalue weighted by molar-refractivity contribution is -0.670. The van der Waals surface area contributed by atoms with Crippen molar-refractivity contribution >= 4 is 34.7 Å². The van der Waals surface area contributed by atoms with Gasteiger partial charge in [-0.2, -0.15) is 0 Å². The zero-order valence-corrected chi connectivity index (χ0v) is 18.1. The third-order valence-corrected chi connectivity index (χ3v) is 5.22. The highest BCUT2D eigenvalue weighted by Gasteiger charge is 2.33. The molecule has 3 heterocycles. The van der Waals surface area contributed by atoms with Gasteiger partial charge >= 0.3 is 0 Å². The summed E-state index contributed by atoms with van der Waals surface area (Å²) in [5.41, 5.74) is 2.95. The fraction of sp³-hybridized carbons (Fsp3) is 0.261. The lowest BCUT2D eigenvalue weighted by Crippen LogP contribution is -2.87. The summed E-state index contributed by atoms with van der Waals surface area (Å²) in [5.74, 6) is 1.36. The average molecular weight is 436 g/mol. The van der Waals surface area contributed by atoms with Gasteiger partial charge in [-0.15, -0.1) is 0 Å². The molecule has 8 heteroatoms. The van der Waals surface area contributed by atoms with E-state index in [-0.39, 0.29) is 5.91 Å². The number of allylic oxidation sites excluding steroid dienone is 1. The van der Waals surface area contributed by atoms with Crippen LogP contribution in [0.25, 0.3) is 5.41 Å². The van der Waals surface area contributed by atoms with Gasteiger partial charge in [0.25, 0.3) is 5.91 Å². The van der Waals surface area contributed by atoms with E-state index in [1.54, 1.807) is 31.5 Å². The van der Waals surface area contributed by atoms with E-state index in [9.17, 15) is 10.2 Å². The van der Waals surface area contributed by atoms with Crippen molar-refractivity contribution in [2.24, 2.45) is 0 Å². The molecule has 2 aromatic rings. The Morgan fingerprint density at radius 1 is 1.23 bits per heavy atom. The number of morpholine rings is 1. The summed E-state index contributed by atoms with van der Waals surface area (Å²) < 4.78 is 5.04. The Morgan fingerprint density at radius 2 is 1.90 bits per heavy atom. The van der Waals surface area contributed by atoms with Crippen LogP contribution in [-0.4, -0.2) is 48.1 Å². The average Bonchev–Trinajstić information content (AvgIpc) is 2.81. The predicted molar refractivity (Wildman–Crippen MR) is 125 cm³/mol. The quantitative estimate of drug-likeness (QED) is 0.387. The smallest absolute Gasteiger partial charge is 0.254 e. The first-order chi connectivity index (χ1) is 15.1. The van der Waals surface area contributed by atoms with Crippen molar-refractivity contribution in [2.45, 2.75) is 12.8 Å². The van der Waals surface area contributed by atoms with Crippen molar-refractivity contribution < 1.29 is 14.8 Å². The Bertz CT molecular complexity index is 986. The molecule has 2 aliphatic heterocycles. The lowest BCUT2D eigenvalue weighted by atomic mass is 9.81. The molecular formula is C23H25N5O2S. The molecule has 0 aliphatic carbocycles. The largest absolute Gasteiger partial charge is 0.763 e. The van der Waals surface area contributed by atoms with Crippen LogP contribution in [0.15, 0.2) is 71.7 Å². The maximum absolute atomic E-state index is 12.9. The number of carbonyl (C=O) groups is 1. The van der Waals surface area contributed by atoms with Gasteiger partial charge in [-0.25, -0.2) is 0 Å². The Morgan fingerprint density at radius 3 is 2.45 bits per heavy atom. The van der Waals surface area contributed by atoms with Gasteiger partial charge in [0, 0.05) is 40.8 Å². The summed E-state index contributed by atoms with van der Waals surface area (Å²) >= 11 is 5.30. The summed E-state index contributed by atoms with van der Waals surface area (Å²) in [6.45, 7) is 5.98. The first kappa shape index (κ1) is 22.5. The van der Waals surface area contributed by atoms with E-state index >= 15 is 0 Å². The highest BCUT2D eigenvalue weighted by molar-refractivity contribution is 7.80. The Hall–Kier alpha value is -3.16. The molecule has 0 bridgehead atoms. The van der Waals surface area contributed by atoms with E-state index in [2.05, 4.69) is 26.8 Å². The number of nitrogens with two attached hydrogens (primary N) is 1. The summed E-state index contributed by atoms with van der Waals surface area (Å²) in [6.07, 6.45) is 3.27. The second kappa shape index (κ2) is 11.3. The molecular weight excluding hydrogens is 410 g/mol. The molecule has 2 aliphatic rings. The van der Waals surface area contributed by atoms with Crippen LogP contribution in [0.4, 0.5) is 5.69 Å². The van der Waals surface area contributed by atoms with Crippen molar-refractivity contribution in [3.05, 3.63) is 82.7 Å². The first-order valence-electron chi connectivity index (χ1n) is 10.1. The number of anilines is 1. The maximum atomic E-state index is 12.9. The zero-order chi connectivity index (χ0) is 22.1. The molecule has 7 nitrogen and oxygen atoms in total. The van der Waals surface area contributed by atoms with E-state index in [0.29, 0.717) is 27.5 Å². The number of pyridine rings is 1. The maximum Gasteiger partial charge on any atom is 0.254 e. The van der Waals surface area contributed by atoms with Crippen molar-refractivity contribution in [1.82, 2.24) is 10.3 Å². The number of nitrogens with zero attached hydrogens (tertiary/aromatic N) is 2. The van der Waals surface area contributed by atoms with Crippen LogP contribution in [0, 0.1) is 0 Å². The molecule has 1 amide bonds. The van der Waals surface area contributed by atoms with Gasteiger partial charge in [-0.3, -0.25) is 15.6 Å². The number of quaternary nitrogens is 1. The minimum Gasteiger partial charge on any atom is -0.763 e. The number of hydrogen-bond acceptors (Lipinski definition) is 4. The van der Waals surface area contributed by atoms with Crippen LogP contribution in [0.2, 0.25) is 0 Å². The summed E-state index contributed by atoms with van der Waals surface area (Å²) in [5, 5.41) is 17.7. The van der Waals surface area contributed by atoms with Crippen LogP contribution in [0.3, 0.4) is 0 Å². The van der Waals surface area contributed by atoms with Crippen LogP contribution in [-0.2, 0) is 9.53 Å². The monoisotopic (exact) mass is 435 g/mol. The van der Waals surface area contributed by atoms with Gasteiger partial charge in [0.2, 0.25) is 0 Å². The van der Waals surface area contributed by atoms with Gasteiger partial charge in [0.15, 0.2) is 0 Å². The molecule has 1 unspecified atom stereocenters. The molecule has 4 N–H and O–H groups in total. The van der Waals surface area contributed by atoms with Gasteiger partial charge in [-0.05, 0) is 36.8 Å². The molecule has 160 valence electrons. The number of carbonyl (C=O) groups excluding carboxylic acids is 1. The number of ether oxygens (including phenoxy) is 1. The number of amides is 1. The second-order valence-electron chi connectivity index (χ2n) is 7.03. The number of hydrogen-bond donors (Lipinski definition) is 3. The molecule has 0 radical (unpaired) electrons. The van der Waals surface area contributed by atoms with Crippen molar-refractivity contribution in [3.8, 4) is 0 Å². The van der Waals surface area contributed by atoms with Crippen LogP contribution in [0.1, 0.15) is 18.4 Å². The molecule has 0 saturated carbocycles. The van der Waals surface area contributed by atoms with Crippen LogP contribution in [0.5, 0.6) is 0 Å². The first-order valence-corrected chi connectivity index (χ1v) is 10.5. The Labute approximate surface area is 187 Å². The molecule has 1 aromatic heterocycles. The molecule has 1 aromatic carbocycles. The SMILES string of the molecule is C1COCC[NH2+]1.CC1=C(C(=O)Nc2ccccc2)C(c2ccncc2)C(=C=[N-])C(=S)N1. The predicted octanol–water partition coefficient (Wildman–Crippen LogP) is 1.75. The fourth-order valence-corrected chi connectivity index (χ4v) is 3.72. The molecule has 0 spiro atoms. The van der Waals surface area contributed by atoms with Gasteiger partial charge in [0.05, 0.1) is 26.3 Å². The summed E-state index contributed by atoms with van der Waals surface area (Å²) in [7, 11) is 0. The van der Waals surface area contributed by atoms with Crippen LogP contribution < -0.4 is 16.0 Å². The second-order valence-corrected chi connectivity index (χ2v) is 7.44. The third kappa shape index (κ3) is 5.93. The number of nitrogens with one attached hydrogen (secondary N) is 2. The van der Waals surface area contributed by atoms with Gasteiger partial charge in [-0.1, -0.05) is 30.4 Å². The number of para-hydroxylation sites is 1. The van der Waals surface area contributed by atoms with Gasteiger partial charge < -0.3 is 26.1 Å². The lowest BCUT2D eigenvalue weighted by Gasteiger charge is -2.30. The number of benzene rings is 1. The Balaban J connectivity index is 0.000000391. The molecule has 1 saturated heterocycles. The van der Waals surface area contributed by atoms with E-state index in [4.69, 9.17) is 17.0 Å². The molecule has 1 atom stereocenters. The van der Waals surface area contributed by atoms with Crippen molar-refractivity contribution in [3.63, 3.8) is 0 Å². The van der Waals surface area contributed by atoms with Crippen LogP contribution >= 0.6 is 12.2 Å². The summed E-state index contributed by atoms with van der Waals surface area (Å²) in [6, 6.07) is 12.8. The van der Waals surface area contributed by atoms with E-state index in [0.717, 1.165) is 31.9 Å². The zero-order valence-electron chi connectivity index (χ0n) is 17.3. The van der Waals surface area contributed by atoms with Crippen molar-refractivity contribution in [2.75, 3.05) is 31.6 Å². The number of thiocarbonyl (C=S) groups is 1. The highest BCUT2D eigenvalue weighted by Crippen LogP contribution is 2.36. The van der Waals surface area contributed by atoms with Gasteiger partial charge in [0.1, 0.15) is 4.99 Å². The number of rotatable bonds is 3. The fourth-order valence-electron chi connectivity index (χ4n) is 3.40. The minimum atomic E-state index is -0.523. The molecule has 31 heavy (non-hydrogen) atoms. The van der Waals surface area contributed by atoms with Crippen molar-refractivity contribution in [1.29, 1.82) is 0 Å². The minimum absolute atomic E-state index is 0.270. The summed E-state index contributed by atoms with van der Waals surface area (Å²) in [4.78, 5) is 17.3. The number of aromatic nitrogens is 1. The van der Waals surface area contributed by atoms with E-state index in [1.807, 2.05) is 30.3 Å². The Kier molecular flexibility index (Phi) is 8.20. The topological polar surface area (TPSA) is 102 Å². The third-order valence-electron chi connectivity index (χ3n) is 4.90. The normalized spacial score (nSPS) is 18.3.